The molecule has 0 spiro atoms. The van der Waals surface area contributed by atoms with Crippen LogP contribution < -0.4 is 4.72 Å². The number of thiophene rings is 1. The predicted octanol–water partition coefficient (Wildman–Crippen LogP) is 3.19. The van der Waals surface area contributed by atoms with Gasteiger partial charge in [-0.3, -0.25) is 0 Å². The number of nitrogens with one attached hydrogen (secondary N) is 1. The van der Waals surface area contributed by atoms with Crippen molar-refractivity contribution in [2.24, 2.45) is 0 Å². The Hall–Kier alpha value is 0.730. The molecule has 1 N–H and O–H groups in total. The van der Waals surface area contributed by atoms with Crippen LogP contribution >= 0.6 is 50.6 Å². The molecule has 1 rings (SSSR count). The summed E-state index contributed by atoms with van der Waals surface area (Å²) in [6.45, 7) is 2.38. The maximum atomic E-state index is 11.8. The molecule has 92 valence electrons. The highest BCUT2D eigenvalue weighted by molar-refractivity contribution is 9.11. The monoisotopic (exact) mass is 363 g/mol. The fraction of sp³-hybridized carbons (Fsp3) is 0.500. The summed E-state index contributed by atoms with van der Waals surface area (Å²) in [7, 11) is -3.43. The molecule has 0 aliphatic heterocycles. The third kappa shape index (κ3) is 3.89. The molecule has 1 aromatic rings. The average molecular weight is 365 g/mol. The van der Waals surface area contributed by atoms with Gasteiger partial charge in [0.25, 0.3) is 0 Å². The van der Waals surface area contributed by atoms with Gasteiger partial charge in [-0.15, -0.1) is 11.3 Å². The van der Waals surface area contributed by atoms with Crippen LogP contribution in [0.15, 0.2) is 14.1 Å². The zero-order valence-corrected chi connectivity index (χ0v) is 13.5. The Bertz CT molecular complexity index is 440. The van der Waals surface area contributed by atoms with Gasteiger partial charge in [-0.2, -0.15) is 11.8 Å². The van der Waals surface area contributed by atoms with E-state index in [1.54, 1.807) is 11.8 Å². The first-order chi connectivity index (χ1) is 7.36. The van der Waals surface area contributed by atoms with E-state index in [4.69, 9.17) is 11.6 Å². The second-order valence-corrected chi connectivity index (χ2v) is 9.13. The van der Waals surface area contributed by atoms with Gasteiger partial charge < -0.3 is 0 Å². The second-order valence-electron chi connectivity index (χ2n) is 3.09. The maximum absolute atomic E-state index is 11.8. The van der Waals surface area contributed by atoms with E-state index in [1.165, 1.54) is 6.07 Å². The SMILES string of the molecule is CSC(C)CNS(=O)(=O)c1cc(Cl)c(Br)s1. The van der Waals surface area contributed by atoms with Crippen molar-refractivity contribution < 1.29 is 8.42 Å². The minimum absolute atomic E-state index is 0.234. The first kappa shape index (κ1) is 14.8. The fourth-order valence-electron chi connectivity index (χ4n) is 0.841. The van der Waals surface area contributed by atoms with Crippen molar-refractivity contribution in [3.63, 3.8) is 0 Å². The van der Waals surface area contributed by atoms with Crippen LogP contribution in [0.1, 0.15) is 6.92 Å². The molecule has 0 aliphatic rings. The van der Waals surface area contributed by atoms with Crippen LogP contribution in [0.4, 0.5) is 0 Å². The Morgan fingerprint density at radius 2 is 2.31 bits per heavy atom. The maximum Gasteiger partial charge on any atom is 0.250 e. The van der Waals surface area contributed by atoms with Crippen LogP contribution in [-0.2, 0) is 10.0 Å². The summed E-state index contributed by atoms with van der Waals surface area (Å²) in [5.74, 6) is 0. The molecule has 0 saturated heterocycles. The predicted molar refractivity (Wildman–Crippen MR) is 75.2 cm³/mol. The number of rotatable bonds is 5. The van der Waals surface area contributed by atoms with E-state index >= 15 is 0 Å². The number of hydrogen-bond acceptors (Lipinski definition) is 4. The second kappa shape index (κ2) is 6.06. The minimum Gasteiger partial charge on any atom is -0.209 e. The van der Waals surface area contributed by atoms with E-state index in [1.807, 2.05) is 13.2 Å². The summed E-state index contributed by atoms with van der Waals surface area (Å²) in [5.41, 5.74) is 0. The van der Waals surface area contributed by atoms with E-state index in [9.17, 15) is 8.42 Å². The van der Waals surface area contributed by atoms with Crippen LogP contribution in [0.25, 0.3) is 0 Å². The Morgan fingerprint density at radius 3 is 2.75 bits per heavy atom. The number of thioether (sulfide) groups is 1. The highest BCUT2D eigenvalue weighted by atomic mass is 79.9. The molecule has 0 fully saturated rings. The average Bonchev–Trinajstić information content (AvgIpc) is 2.56. The van der Waals surface area contributed by atoms with Crippen molar-refractivity contribution in [1.29, 1.82) is 0 Å². The minimum atomic E-state index is -3.43. The molecule has 8 heteroatoms. The van der Waals surface area contributed by atoms with Crippen LogP contribution in [0.2, 0.25) is 5.02 Å². The summed E-state index contributed by atoms with van der Waals surface area (Å²) in [6.07, 6.45) is 1.94. The van der Waals surface area contributed by atoms with Crippen molar-refractivity contribution in [3.8, 4) is 0 Å². The quantitative estimate of drug-likeness (QED) is 0.872. The topological polar surface area (TPSA) is 46.2 Å². The first-order valence-corrected chi connectivity index (χ1v) is 9.10. The third-order valence-corrected chi connectivity index (χ3v) is 7.19. The van der Waals surface area contributed by atoms with E-state index in [2.05, 4.69) is 20.7 Å². The van der Waals surface area contributed by atoms with Crippen molar-refractivity contribution in [2.45, 2.75) is 16.4 Å². The summed E-state index contributed by atoms with van der Waals surface area (Å²) < 4.78 is 27.1. The molecule has 0 radical (unpaired) electrons. The standard InChI is InChI=1S/C8H11BrClNO2S3/c1-5(14-2)4-11-16(12,13)7-3-6(10)8(9)15-7/h3,5,11H,4H2,1-2H3. The molecule has 16 heavy (non-hydrogen) atoms. The Morgan fingerprint density at radius 1 is 1.69 bits per heavy atom. The van der Waals surface area contributed by atoms with Crippen LogP contribution in [0, 0.1) is 0 Å². The molecule has 1 atom stereocenters. The Kier molecular flexibility index (Phi) is 5.60. The normalized spacial score (nSPS) is 14.0. The Balaban J connectivity index is 2.78. The zero-order valence-electron chi connectivity index (χ0n) is 8.66. The van der Waals surface area contributed by atoms with Crippen LogP contribution in [-0.4, -0.2) is 26.5 Å². The molecule has 0 amide bonds. The molecule has 1 unspecified atom stereocenters. The molecule has 3 nitrogen and oxygen atoms in total. The van der Waals surface area contributed by atoms with Gasteiger partial charge in [0, 0.05) is 11.8 Å². The smallest absolute Gasteiger partial charge is 0.209 e. The van der Waals surface area contributed by atoms with Crippen LogP contribution in [0.5, 0.6) is 0 Å². The summed E-state index contributed by atoms with van der Waals surface area (Å²) >= 11 is 11.7. The molecule has 1 aromatic heterocycles. The van der Waals surface area contributed by atoms with Crippen molar-refractivity contribution >= 4 is 60.7 Å². The van der Waals surface area contributed by atoms with Crippen molar-refractivity contribution in [2.75, 3.05) is 12.8 Å². The number of sulfonamides is 1. The molecule has 0 saturated carbocycles. The van der Waals surface area contributed by atoms with E-state index in [0.717, 1.165) is 11.3 Å². The van der Waals surface area contributed by atoms with Gasteiger partial charge >= 0.3 is 0 Å². The van der Waals surface area contributed by atoms with E-state index in [-0.39, 0.29) is 9.46 Å². The lowest BCUT2D eigenvalue weighted by molar-refractivity contribution is 0.583. The number of halogens is 2. The zero-order chi connectivity index (χ0) is 12.3. The van der Waals surface area contributed by atoms with Crippen molar-refractivity contribution in [1.82, 2.24) is 4.72 Å². The number of hydrogen-bond donors (Lipinski definition) is 1. The largest absolute Gasteiger partial charge is 0.250 e. The lowest BCUT2D eigenvalue weighted by Gasteiger charge is -2.08. The van der Waals surface area contributed by atoms with Gasteiger partial charge in [-0.25, -0.2) is 13.1 Å². The molecular formula is C8H11BrClNO2S3. The van der Waals surface area contributed by atoms with Gasteiger partial charge in [-0.1, -0.05) is 18.5 Å². The molecule has 0 aliphatic carbocycles. The highest BCUT2D eigenvalue weighted by Gasteiger charge is 2.19. The van der Waals surface area contributed by atoms with Crippen molar-refractivity contribution in [3.05, 3.63) is 14.9 Å². The first-order valence-electron chi connectivity index (χ1n) is 4.34. The molecule has 0 aromatic carbocycles. The van der Waals surface area contributed by atoms with Gasteiger partial charge in [0.1, 0.15) is 4.21 Å². The molecule has 1 heterocycles. The summed E-state index contributed by atoms with van der Waals surface area (Å²) in [4.78, 5) is 0. The van der Waals surface area contributed by atoms with Crippen LogP contribution in [0.3, 0.4) is 0 Å². The lowest BCUT2D eigenvalue weighted by Crippen LogP contribution is -2.28. The molecular weight excluding hydrogens is 354 g/mol. The van der Waals surface area contributed by atoms with Gasteiger partial charge in [0.2, 0.25) is 10.0 Å². The van der Waals surface area contributed by atoms with Gasteiger partial charge in [-0.05, 0) is 28.3 Å². The Labute approximate surface area is 117 Å². The van der Waals surface area contributed by atoms with Gasteiger partial charge in [0.15, 0.2) is 0 Å². The highest BCUT2D eigenvalue weighted by Crippen LogP contribution is 2.34. The van der Waals surface area contributed by atoms with E-state index < -0.39 is 10.0 Å². The summed E-state index contributed by atoms with van der Waals surface area (Å²) in [5, 5.41) is 0.664. The summed E-state index contributed by atoms with van der Waals surface area (Å²) in [6, 6.07) is 1.45. The van der Waals surface area contributed by atoms with E-state index in [0.29, 0.717) is 15.4 Å². The van der Waals surface area contributed by atoms with Gasteiger partial charge in [0.05, 0.1) is 8.81 Å². The third-order valence-electron chi connectivity index (χ3n) is 1.85. The lowest BCUT2D eigenvalue weighted by atomic mass is 10.5. The molecule has 0 bridgehead atoms. The fourth-order valence-corrected chi connectivity index (χ4v) is 4.77.